The van der Waals surface area contributed by atoms with Crippen LogP contribution in [-0.4, -0.2) is 42.0 Å². The van der Waals surface area contributed by atoms with E-state index in [1.807, 2.05) is 48.9 Å². The predicted octanol–water partition coefficient (Wildman–Crippen LogP) is 3.44. The quantitative estimate of drug-likeness (QED) is 0.591. The fraction of sp³-hybridized carbons (Fsp3) is 0.304. The molecule has 7 nitrogen and oxygen atoms in total. The summed E-state index contributed by atoms with van der Waals surface area (Å²) < 4.78 is 29.5. The minimum atomic E-state index is -3.69. The fourth-order valence-corrected chi connectivity index (χ4v) is 5.07. The molecule has 2 aromatic carbocycles. The molecule has 0 spiro atoms. The number of anilines is 1. The second-order valence-electron chi connectivity index (χ2n) is 7.80. The van der Waals surface area contributed by atoms with Gasteiger partial charge in [0, 0.05) is 43.5 Å². The van der Waals surface area contributed by atoms with Crippen LogP contribution < -0.4 is 4.90 Å². The van der Waals surface area contributed by atoms with E-state index >= 15 is 0 Å². The summed E-state index contributed by atoms with van der Waals surface area (Å²) in [5.41, 5.74) is 4.26. The zero-order chi connectivity index (χ0) is 22.2. The van der Waals surface area contributed by atoms with Crippen LogP contribution in [0.3, 0.4) is 0 Å². The van der Waals surface area contributed by atoms with Crippen LogP contribution in [0.1, 0.15) is 29.8 Å². The second-order valence-corrected chi connectivity index (χ2v) is 9.85. The van der Waals surface area contributed by atoms with Crippen LogP contribution in [0, 0.1) is 13.8 Å². The molecule has 1 aromatic heterocycles. The normalized spacial score (nSPS) is 14.6. The van der Waals surface area contributed by atoms with Crippen molar-refractivity contribution in [3.8, 4) is 5.69 Å². The van der Waals surface area contributed by atoms with Crippen molar-refractivity contribution in [3.05, 3.63) is 71.5 Å². The highest BCUT2D eigenvalue weighted by Crippen LogP contribution is 2.26. The average molecular weight is 439 g/mol. The van der Waals surface area contributed by atoms with E-state index in [9.17, 15) is 13.2 Å². The maximum absolute atomic E-state index is 13.2. The van der Waals surface area contributed by atoms with E-state index < -0.39 is 10.0 Å². The Hall–Kier alpha value is -2.97. The molecule has 0 saturated carbocycles. The van der Waals surface area contributed by atoms with Gasteiger partial charge in [-0.2, -0.15) is 9.40 Å². The van der Waals surface area contributed by atoms with Gasteiger partial charge in [-0.05, 0) is 56.7 Å². The minimum absolute atomic E-state index is 0.0779. The van der Waals surface area contributed by atoms with Crippen LogP contribution in [0.5, 0.6) is 0 Å². The summed E-state index contributed by atoms with van der Waals surface area (Å²) in [4.78, 5) is 13.8. The first-order valence-electron chi connectivity index (χ1n) is 10.3. The van der Waals surface area contributed by atoms with E-state index in [2.05, 4.69) is 5.10 Å². The van der Waals surface area contributed by atoms with E-state index in [-0.39, 0.29) is 17.3 Å². The lowest BCUT2D eigenvalue weighted by Crippen LogP contribution is -2.27. The Morgan fingerprint density at radius 2 is 1.68 bits per heavy atom. The lowest BCUT2D eigenvalue weighted by atomic mass is 10.2. The third-order valence-electron chi connectivity index (χ3n) is 5.75. The third kappa shape index (κ3) is 4.00. The summed E-state index contributed by atoms with van der Waals surface area (Å²) in [6.07, 6.45) is 1.37. The Balaban J connectivity index is 1.56. The van der Waals surface area contributed by atoms with Crippen LogP contribution in [-0.2, 0) is 21.4 Å². The number of benzene rings is 2. The molecule has 8 heteroatoms. The Morgan fingerprint density at radius 1 is 1.00 bits per heavy atom. The molecule has 3 aromatic rings. The smallest absolute Gasteiger partial charge is 0.243 e. The van der Waals surface area contributed by atoms with Gasteiger partial charge in [0.2, 0.25) is 15.9 Å². The molecule has 4 rings (SSSR count). The highest BCUT2D eigenvalue weighted by atomic mass is 32.2. The molecular formula is C23H26N4O3S. The van der Waals surface area contributed by atoms with Crippen molar-refractivity contribution in [1.82, 2.24) is 14.1 Å². The molecule has 0 radical (unpaired) electrons. The summed E-state index contributed by atoms with van der Waals surface area (Å²) in [6.45, 7) is 4.74. The number of sulfonamides is 1. The van der Waals surface area contributed by atoms with Gasteiger partial charge < -0.3 is 4.90 Å². The molecule has 2 heterocycles. The van der Waals surface area contributed by atoms with Gasteiger partial charge >= 0.3 is 0 Å². The van der Waals surface area contributed by atoms with Gasteiger partial charge in [0.25, 0.3) is 0 Å². The molecule has 0 aliphatic carbocycles. The number of carbonyl (C=O) groups excluding carboxylic acids is 1. The van der Waals surface area contributed by atoms with Crippen LogP contribution in [0.15, 0.2) is 59.5 Å². The van der Waals surface area contributed by atoms with Gasteiger partial charge in [-0.3, -0.25) is 4.79 Å². The molecule has 0 unspecified atom stereocenters. The standard InChI is InChI=1S/C23H26N4O3S/c1-17-22(18(2)27(24-17)20-8-5-4-6-9-20)16-25(3)31(29,30)21-13-11-19(12-14-21)26-15-7-10-23(26)28/h4-6,8-9,11-14H,7,10,15-16H2,1-3H3. The Morgan fingerprint density at radius 3 is 2.29 bits per heavy atom. The van der Waals surface area contributed by atoms with E-state index in [0.717, 1.165) is 34.7 Å². The molecule has 1 aliphatic heterocycles. The second kappa shape index (κ2) is 8.28. The minimum Gasteiger partial charge on any atom is -0.312 e. The number of hydrogen-bond acceptors (Lipinski definition) is 4. The van der Waals surface area contributed by atoms with Gasteiger partial charge in [-0.25, -0.2) is 13.1 Å². The maximum Gasteiger partial charge on any atom is 0.243 e. The summed E-state index contributed by atoms with van der Waals surface area (Å²) in [7, 11) is -2.11. The lowest BCUT2D eigenvalue weighted by molar-refractivity contribution is -0.117. The molecule has 1 aliphatic rings. The van der Waals surface area contributed by atoms with Crippen molar-refractivity contribution in [1.29, 1.82) is 0 Å². The molecule has 1 fully saturated rings. The maximum atomic E-state index is 13.2. The van der Waals surface area contributed by atoms with Crippen LogP contribution >= 0.6 is 0 Å². The summed E-state index contributed by atoms with van der Waals surface area (Å²) in [5.74, 6) is 0.0779. The molecule has 0 N–H and O–H groups in total. The SMILES string of the molecule is Cc1nn(-c2ccccc2)c(C)c1CN(C)S(=O)(=O)c1ccc(N2CCCC2=O)cc1. The third-order valence-corrected chi connectivity index (χ3v) is 7.57. The number of nitrogens with zero attached hydrogens (tertiary/aromatic N) is 4. The number of rotatable bonds is 6. The van der Waals surface area contributed by atoms with E-state index in [1.165, 1.54) is 4.31 Å². The summed E-state index contributed by atoms with van der Waals surface area (Å²) in [6, 6.07) is 16.3. The van der Waals surface area contributed by atoms with E-state index in [1.54, 1.807) is 36.2 Å². The predicted molar refractivity (Wildman–Crippen MR) is 120 cm³/mol. The first-order valence-corrected chi connectivity index (χ1v) is 11.7. The van der Waals surface area contributed by atoms with Gasteiger partial charge in [-0.1, -0.05) is 18.2 Å². The topological polar surface area (TPSA) is 75.5 Å². The number of aryl methyl sites for hydroxylation is 1. The Labute approximate surface area is 183 Å². The molecule has 0 bridgehead atoms. The number of para-hydroxylation sites is 1. The summed E-state index contributed by atoms with van der Waals surface area (Å²) in [5, 5.41) is 4.61. The largest absolute Gasteiger partial charge is 0.312 e. The van der Waals surface area contributed by atoms with Gasteiger partial charge in [0.15, 0.2) is 0 Å². The molecule has 162 valence electrons. The zero-order valence-electron chi connectivity index (χ0n) is 17.9. The summed E-state index contributed by atoms with van der Waals surface area (Å²) >= 11 is 0. The van der Waals surface area contributed by atoms with Crippen molar-refractivity contribution in [3.63, 3.8) is 0 Å². The first-order chi connectivity index (χ1) is 14.8. The number of hydrogen-bond donors (Lipinski definition) is 0. The van der Waals surface area contributed by atoms with E-state index in [4.69, 9.17) is 0 Å². The van der Waals surface area contributed by atoms with Crippen molar-refractivity contribution in [2.24, 2.45) is 0 Å². The van der Waals surface area contributed by atoms with Crippen LogP contribution in [0.2, 0.25) is 0 Å². The average Bonchev–Trinajstić information content (AvgIpc) is 3.32. The fourth-order valence-electron chi connectivity index (χ4n) is 3.93. The van der Waals surface area contributed by atoms with Crippen LogP contribution in [0.25, 0.3) is 5.69 Å². The number of carbonyl (C=O) groups is 1. The Bertz CT molecular complexity index is 1200. The zero-order valence-corrected chi connectivity index (χ0v) is 18.8. The van der Waals surface area contributed by atoms with Crippen LogP contribution in [0.4, 0.5) is 5.69 Å². The highest BCUT2D eigenvalue weighted by molar-refractivity contribution is 7.89. The van der Waals surface area contributed by atoms with Gasteiger partial charge in [0.05, 0.1) is 16.3 Å². The van der Waals surface area contributed by atoms with Gasteiger partial charge in [-0.15, -0.1) is 0 Å². The molecule has 0 atom stereocenters. The van der Waals surface area contributed by atoms with Crippen molar-refractivity contribution >= 4 is 21.6 Å². The number of amides is 1. The van der Waals surface area contributed by atoms with Crippen molar-refractivity contribution < 1.29 is 13.2 Å². The molecular weight excluding hydrogens is 412 g/mol. The Kier molecular flexibility index (Phi) is 5.68. The molecule has 1 amide bonds. The molecule has 31 heavy (non-hydrogen) atoms. The first kappa shape index (κ1) is 21.3. The monoisotopic (exact) mass is 438 g/mol. The van der Waals surface area contributed by atoms with Crippen molar-refractivity contribution in [2.75, 3.05) is 18.5 Å². The highest BCUT2D eigenvalue weighted by Gasteiger charge is 2.26. The number of aromatic nitrogens is 2. The van der Waals surface area contributed by atoms with E-state index in [0.29, 0.717) is 13.0 Å². The van der Waals surface area contributed by atoms with Crippen molar-refractivity contribution in [2.45, 2.75) is 38.1 Å². The molecule has 1 saturated heterocycles. The lowest BCUT2D eigenvalue weighted by Gasteiger charge is -2.19. The van der Waals surface area contributed by atoms with Gasteiger partial charge in [0.1, 0.15) is 0 Å².